The van der Waals surface area contributed by atoms with Crippen molar-refractivity contribution in [2.75, 3.05) is 18.4 Å². The number of nitrogens with one attached hydrogen (secondary N) is 1. The van der Waals surface area contributed by atoms with Crippen LogP contribution in [0.5, 0.6) is 0 Å². The van der Waals surface area contributed by atoms with Crippen LogP contribution in [0.1, 0.15) is 23.2 Å². The third-order valence-electron chi connectivity index (χ3n) is 4.08. The van der Waals surface area contributed by atoms with Crippen molar-refractivity contribution in [1.29, 1.82) is 0 Å². The molecule has 1 aromatic carbocycles. The zero-order chi connectivity index (χ0) is 16.9. The number of piperidine rings is 1. The first-order valence-corrected chi connectivity index (χ1v) is 7.78. The van der Waals surface area contributed by atoms with Gasteiger partial charge in [-0.05, 0) is 31.0 Å². The molecule has 1 aliphatic heterocycles. The maximum absolute atomic E-state index is 12.6. The Balaban J connectivity index is 1.67. The Hall–Kier alpha value is -2.96. The number of rotatable bonds is 4. The Morgan fingerprint density at radius 3 is 2.67 bits per heavy atom. The summed E-state index contributed by atoms with van der Waals surface area (Å²) in [5.41, 5.74) is 1.32. The number of amides is 1. The lowest BCUT2D eigenvalue weighted by Gasteiger charge is -2.30. The van der Waals surface area contributed by atoms with Gasteiger partial charge in [0.2, 0.25) is 0 Å². The molecule has 0 unspecified atom stereocenters. The van der Waals surface area contributed by atoms with Gasteiger partial charge in [0.1, 0.15) is 5.82 Å². The molecule has 1 fully saturated rings. The average molecular weight is 326 g/mol. The first kappa shape index (κ1) is 15.9. The molecule has 1 aliphatic rings. The summed E-state index contributed by atoms with van der Waals surface area (Å²) in [6.45, 7) is 0.940. The summed E-state index contributed by atoms with van der Waals surface area (Å²) in [6, 6.07) is 7.17. The van der Waals surface area contributed by atoms with Crippen LogP contribution in [0.4, 0.5) is 11.5 Å². The van der Waals surface area contributed by atoms with E-state index >= 15 is 0 Å². The van der Waals surface area contributed by atoms with E-state index < -0.39 is 5.97 Å². The molecule has 7 heteroatoms. The predicted molar refractivity (Wildman–Crippen MR) is 88.0 cm³/mol. The fourth-order valence-corrected chi connectivity index (χ4v) is 2.75. The Labute approximate surface area is 139 Å². The number of anilines is 2. The molecular formula is C17H18N4O3. The monoisotopic (exact) mass is 326 g/mol. The summed E-state index contributed by atoms with van der Waals surface area (Å²) in [4.78, 5) is 33.4. The summed E-state index contributed by atoms with van der Waals surface area (Å²) in [5.74, 6) is -0.609. The molecule has 0 bridgehead atoms. The molecule has 0 saturated carbocycles. The molecule has 7 nitrogen and oxygen atoms in total. The van der Waals surface area contributed by atoms with E-state index in [1.54, 1.807) is 41.7 Å². The van der Waals surface area contributed by atoms with Crippen molar-refractivity contribution in [3.05, 3.63) is 48.4 Å². The van der Waals surface area contributed by atoms with E-state index in [0.29, 0.717) is 37.3 Å². The number of hydrogen-bond acceptors (Lipinski definition) is 5. The number of aromatic nitrogens is 2. The minimum absolute atomic E-state index is 0.0818. The average Bonchev–Trinajstić information content (AvgIpc) is 2.62. The lowest BCUT2D eigenvalue weighted by atomic mass is 9.96. The Kier molecular flexibility index (Phi) is 4.69. The molecule has 0 spiro atoms. The summed E-state index contributed by atoms with van der Waals surface area (Å²) >= 11 is 0. The van der Waals surface area contributed by atoms with E-state index in [4.69, 9.17) is 5.11 Å². The van der Waals surface area contributed by atoms with Crippen LogP contribution in [0.3, 0.4) is 0 Å². The van der Waals surface area contributed by atoms with E-state index in [0.717, 1.165) is 5.69 Å². The smallest absolute Gasteiger partial charge is 0.306 e. The van der Waals surface area contributed by atoms with Gasteiger partial charge in [0.05, 0.1) is 12.1 Å². The maximum Gasteiger partial charge on any atom is 0.306 e. The summed E-state index contributed by atoms with van der Waals surface area (Å²) < 4.78 is 0. The molecule has 1 saturated heterocycles. The fraction of sp³-hybridized carbons (Fsp3) is 0.294. The van der Waals surface area contributed by atoms with Crippen molar-refractivity contribution < 1.29 is 14.7 Å². The van der Waals surface area contributed by atoms with Crippen LogP contribution in [-0.2, 0) is 4.79 Å². The highest BCUT2D eigenvalue weighted by atomic mass is 16.4. The largest absolute Gasteiger partial charge is 0.481 e. The molecular weight excluding hydrogens is 308 g/mol. The number of likely N-dealkylation sites (tertiary alicyclic amines) is 1. The topological polar surface area (TPSA) is 95.4 Å². The molecule has 3 rings (SSSR count). The number of hydrogen-bond donors (Lipinski definition) is 2. The molecule has 24 heavy (non-hydrogen) atoms. The van der Waals surface area contributed by atoms with Crippen molar-refractivity contribution >= 4 is 23.4 Å². The quantitative estimate of drug-likeness (QED) is 0.894. The summed E-state index contributed by atoms with van der Waals surface area (Å²) in [7, 11) is 0. The second-order valence-electron chi connectivity index (χ2n) is 5.70. The van der Waals surface area contributed by atoms with Crippen LogP contribution in [0.15, 0.2) is 42.9 Å². The Morgan fingerprint density at radius 1 is 1.21 bits per heavy atom. The summed E-state index contributed by atoms with van der Waals surface area (Å²) in [6.07, 6.45) is 5.78. The maximum atomic E-state index is 12.6. The number of aliphatic carboxylic acids is 1. The standard InChI is InChI=1S/C17H18N4O3/c22-16(21-8-4-12(5-9-21)17(23)24)13-2-1-3-14(10-13)20-15-11-18-6-7-19-15/h1-3,6-7,10-12H,4-5,8-9H2,(H,19,20)(H,23,24). The van der Waals surface area contributed by atoms with Crippen molar-refractivity contribution in [2.24, 2.45) is 5.92 Å². The number of carbonyl (C=O) groups is 2. The number of benzene rings is 1. The molecule has 124 valence electrons. The van der Waals surface area contributed by atoms with Gasteiger partial charge in [-0.3, -0.25) is 14.6 Å². The Morgan fingerprint density at radius 2 is 2.00 bits per heavy atom. The van der Waals surface area contributed by atoms with Gasteiger partial charge < -0.3 is 15.3 Å². The highest BCUT2D eigenvalue weighted by molar-refractivity contribution is 5.95. The van der Waals surface area contributed by atoms with E-state index in [-0.39, 0.29) is 11.8 Å². The highest BCUT2D eigenvalue weighted by Gasteiger charge is 2.27. The van der Waals surface area contributed by atoms with Gasteiger partial charge in [-0.15, -0.1) is 0 Å². The van der Waals surface area contributed by atoms with Crippen molar-refractivity contribution in [3.8, 4) is 0 Å². The van der Waals surface area contributed by atoms with Crippen molar-refractivity contribution in [1.82, 2.24) is 14.9 Å². The van der Waals surface area contributed by atoms with Gasteiger partial charge in [0.25, 0.3) is 5.91 Å². The third-order valence-corrected chi connectivity index (χ3v) is 4.08. The number of carboxylic acid groups (broad SMARTS) is 1. The van der Waals surface area contributed by atoms with Crippen LogP contribution in [0.2, 0.25) is 0 Å². The van der Waals surface area contributed by atoms with E-state index in [2.05, 4.69) is 15.3 Å². The molecule has 0 radical (unpaired) electrons. The first-order valence-electron chi connectivity index (χ1n) is 7.78. The minimum atomic E-state index is -0.780. The van der Waals surface area contributed by atoms with Gasteiger partial charge in [-0.25, -0.2) is 4.98 Å². The van der Waals surface area contributed by atoms with Crippen LogP contribution in [-0.4, -0.2) is 44.9 Å². The van der Waals surface area contributed by atoms with E-state index in [9.17, 15) is 9.59 Å². The molecule has 2 heterocycles. The van der Waals surface area contributed by atoms with Gasteiger partial charge in [0, 0.05) is 36.7 Å². The zero-order valence-corrected chi connectivity index (χ0v) is 13.1. The molecule has 0 atom stereocenters. The zero-order valence-electron chi connectivity index (χ0n) is 13.1. The lowest BCUT2D eigenvalue weighted by Crippen LogP contribution is -2.40. The molecule has 2 N–H and O–H groups in total. The van der Waals surface area contributed by atoms with Crippen LogP contribution >= 0.6 is 0 Å². The second-order valence-corrected chi connectivity index (χ2v) is 5.70. The van der Waals surface area contributed by atoms with Crippen LogP contribution < -0.4 is 5.32 Å². The summed E-state index contributed by atoms with van der Waals surface area (Å²) in [5, 5.41) is 12.1. The minimum Gasteiger partial charge on any atom is -0.481 e. The van der Waals surface area contributed by atoms with Gasteiger partial charge >= 0.3 is 5.97 Å². The van der Waals surface area contributed by atoms with Crippen molar-refractivity contribution in [3.63, 3.8) is 0 Å². The second kappa shape index (κ2) is 7.08. The van der Waals surface area contributed by atoms with E-state index in [1.807, 2.05) is 6.07 Å². The lowest BCUT2D eigenvalue weighted by molar-refractivity contribution is -0.143. The van der Waals surface area contributed by atoms with E-state index in [1.165, 1.54) is 0 Å². The highest BCUT2D eigenvalue weighted by Crippen LogP contribution is 2.21. The van der Waals surface area contributed by atoms with Crippen molar-refractivity contribution in [2.45, 2.75) is 12.8 Å². The Bertz CT molecular complexity index is 728. The predicted octanol–water partition coefficient (Wildman–Crippen LogP) is 2.16. The first-order chi connectivity index (χ1) is 11.6. The molecule has 1 aromatic heterocycles. The number of nitrogens with zero attached hydrogens (tertiary/aromatic N) is 3. The number of carboxylic acids is 1. The fourth-order valence-electron chi connectivity index (χ4n) is 2.75. The SMILES string of the molecule is O=C(O)C1CCN(C(=O)c2cccc(Nc3cnccn3)c2)CC1. The molecule has 0 aliphatic carbocycles. The van der Waals surface area contributed by atoms with Crippen LogP contribution in [0.25, 0.3) is 0 Å². The normalized spacial score (nSPS) is 15.1. The number of carbonyl (C=O) groups excluding carboxylic acids is 1. The van der Waals surface area contributed by atoms with Crippen LogP contribution in [0, 0.1) is 5.92 Å². The third kappa shape index (κ3) is 3.68. The molecule has 2 aromatic rings. The molecule has 1 amide bonds. The van der Waals surface area contributed by atoms with Gasteiger partial charge in [0.15, 0.2) is 0 Å². The van der Waals surface area contributed by atoms with Gasteiger partial charge in [-0.1, -0.05) is 6.07 Å². The van der Waals surface area contributed by atoms with Gasteiger partial charge in [-0.2, -0.15) is 0 Å².